The molecule has 1 fully saturated rings. The van der Waals surface area contributed by atoms with Crippen molar-refractivity contribution in [3.63, 3.8) is 0 Å². The third-order valence-corrected chi connectivity index (χ3v) is 8.97. The number of benzene rings is 3. The Hall–Kier alpha value is -4.45. The Bertz CT molecular complexity index is 1520. The van der Waals surface area contributed by atoms with Crippen molar-refractivity contribution >= 4 is 23.3 Å². The molecule has 3 aromatic carbocycles. The number of methoxy groups -OCH3 is 1. The Labute approximate surface area is 299 Å². The molecule has 12 heteroatoms. The van der Waals surface area contributed by atoms with Crippen LogP contribution in [0.5, 0.6) is 23.0 Å². The third kappa shape index (κ3) is 12.4. The molecule has 1 aliphatic rings. The number of unbranched alkanes of at least 4 members (excludes halogenated alkanes) is 1. The van der Waals surface area contributed by atoms with E-state index in [2.05, 4.69) is 22.5 Å². The van der Waals surface area contributed by atoms with E-state index in [4.69, 9.17) is 14.2 Å². The van der Waals surface area contributed by atoms with E-state index < -0.39 is 18.5 Å². The normalized spacial score (nSPS) is 13.9. The fourth-order valence-electron chi connectivity index (χ4n) is 5.94. The zero-order chi connectivity index (χ0) is 36.8. The van der Waals surface area contributed by atoms with Gasteiger partial charge in [-0.2, -0.15) is 13.2 Å². The average Bonchev–Trinajstić information content (AvgIpc) is 3.12. The summed E-state index contributed by atoms with van der Waals surface area (Å²) in [7, 11) is 1.49. The maximum absolute atomic E-state index is 13.7. The van der Waals surface area contributed by atoms with Crippen molar-refractivity contribution in [3.05, 3.63) is 72.3 Å². The molecule has 0 bridgehead atoms. The first-order valence-corrected chi connectivity index (χ1v) is 17.9. The molecule has 0 atom stereocenters. The number of hydrogen-bond acceptors (Lipinski definition) is 6. The van der Waals surface area contributed by atoms with Crippen LogP contribution in [0.2, 0.25) is 0 Å². The molecule has 51 heavy (non-hydrogen) atoms. The first kappa shape index (κ1) is 39.3. The van der Waals surface area contributed by atoms with Crippen molar-refractivity contribution in [2.24, 2.45) is 0 Å². The highest BCUT2D eigenvalue weighted by atomic mass is 19.4. The number of hydrogen-bond donors (Lipinski definition) is 2. The molecule has 0 spiro atoms. The molecule has 3 aromatic rings. The summed E-state index contributed by atoms with van der Waals surface area (Å²) in [6.45, 7) is 9.18. The minimum atomic E-state index is -4.33. The number of carbonyl (C=O) groups excluding carboxylic acids is 2. The van der Waals surface area contributed by atoms with Crippen LogP contribution in [0.15, 0.2) is 66.7 Å². The van der Waals surface area contributed by atoms with Gasteiger partial charge in [0.05, 0.1) is 7.11 Å². The highest BCUT2D eigenvalue weighted by Gasteiger charge is 2.28. The SMILES string of the molecule is CCCCN1CCC(Oc2ccc(C(=O)N(CCCC(F)(F)F)c3ccc(Oc4ccc(NC(=O)NC(CC)CC)cc4OC)cc3)cc2)CC1. The molecule has 9 nitrogen and oxygen atoms in total. The zero-order valence-electron chi connectivity index (χ0n) is 30.1. The van der Waals surface area contributed by atoms with Gasteiger partial charge in [0.1, 0.15) is 17.6 Å². The minimum absolute atomic E-state index is 0.0711. The number of ether oxygens (including phenoxy) is 3. The van der Waals surface area contributed by atoms with Crippen molar-refractivity contribution in [2.75, 3.05) is 43.5 Å². The molecular weight excluding hydrogens is 661 g/mol. The standard InChI is InChI=1S/C39H51F3N4O5/c1-5-8-23-45-25-20-34(21-26-45)50-32-15-10-28(11-16-32)37(47)46(24-9-22-39(40,41)42)31-13-17-33(18-14-31)51-35-19-12-30(27-36(35)49-4)44-38(48)43-29(6-2)7-3/h10-19,27,29,34H,5-9,20-26H2,1-4H3,(H2,43,44,48). The van der Waals surface area contributed by atoms with Crippen LogP contribution >= 0.6 is 0 Å². The topological polar surface area (TPSA) is 92.4 Å². The van der Waals surface area contributed by atoms with E-state index in [9.17, 15) is 22.8 Å². The highest BCUT2D eigenvalue weighted by molar-refractivity contribution is 6.06. The maximum Gasteiger partial charge on any atom is 0.389 e. The summed E-state index contributed by atoms with van der Waals surface area (Å²) in [6.07, 6.45) is 0.379. The Kier molecular flexibility index (Phi) is 14.8. The van der Waals surface area contributed by atoms with Gasteiger partial charge in [-0.25, -0.2) is 4.79 Å². The van der Waals surface area contributed by atoms with Crippen molar-refractivity contribution in [1.29, 1.82) is 0 Å². The second-order valence-corrected chi connectivity index (χ2v) is 12.8. The molecule has 1 saturated heterocycles. The largest absolute Gasteiger partial charge is 0.493 e. The van der Waals surface area contributed by atoms with Crippen LogP contribution < -0.4 is 29.7 Å². The van der Waals surface area contributed by atoms with E-state index in [1.807, 2.05) is 13.8 Å². The van der Waals surface area contributed by atoms with Crippen molar-refractivity contribution in [3.8, 4) is 23.0 Å². The van der Waals surface area contributed by atoms with Gasteiger partial charge >= 0.3 is 12.2 Å². The number of urea groups is 1. The lowest BCUT2D eigenvalue weighted by atomic mass is 10.1. The van der Waals surface area contributed by atoms with Gasteiger partial charge in [0.25, 0.3) is 5.91 Å². The molecule has 1 aliphatic heterocycles. The lowest BCUT2D eigenvalue weighted by Crippen LogP contribution is -2.38. The molecular formula is C39H51F3N4O5. The fraction of sp³-hybridized carbons (Fsp3) is 0.487. The summed E-state index contributed by atoms with van der Waals surface area (Å²) in [4.78, 5) is 29.9. The van der Waals surface area contributed by atoms with Crippen molar-refractivity contribution in [2.45, 2.75) is 90.5 Å². The highest BCUT2D eigenvalue weighted by Crippen LogP contribution is 2.35. The summed E-state index contributed by atoms with van der Waals surface area (Å²) >= 11 is 0. The monoisotopic (exact) mass is 712 g/mol. The quantitative estimate of drug-likeness (QED) is 0.145. The number of amides is 3. The Morgan fingerprint density at radius 3 is 2.18 bits per heavy atom. The lowest BCUT2D eigenvalue weighted by molar-refractivity contribution is -0.135. The van der Waals surface area contributed by atoms with E-state index >= 15 is 0 Å². The summed E-state index contributed by atoms with van der Waals surface area (Å²) < 4.78 is 56.9. The zero-order valence-corrected chi connectivity index (χ0v) is 30.1. The number of rotatable bonds is 17. The second-order valence-electron chi connectivity index (χ2n) is 12.8. The Morgan fingerprint density at radius 2 is 1.57 bits per heavy atom. The molecule has 278 valence electrons. The predicted octanol–water partition coefficient (Wildman–Crippen LogP) is 9.43. The first-order chi connectivity index (χ1) is 24.5. The number of piperidine rings is 1. The van der Waals surface area contributed by atoms with E-state index in [1.54, 1.807) is 66.7 Å². The number of nitrogens with one attached hydrogen (secondary N) is 2. The van der Waals surface area contributed by atoms with Gasteiger partial charge in [-0.15, -0.1) is 0 Å². The second kappa shape index (κ2) is 19.2. The van der Waals surface area contributed by atoms with Crippen LogP contribution in [0.3, 0.4) is 0 Å². The van der Waals surface area contributed by atoms with Gasteiger partial charge in [-0.1, -0.05) is 27.2 Å². The Balaban J connectivity index is 1.42. The number of nitrogens with zero attached hydrogens (tertiary/aromatic N) is 2. The van der Waals surface area contributed by atoms with Crippen LogP contribution in [0, 0.1) is 0 Å². The number of carbonyl (C=O) groups is 2. The predicted molar refractivity (Wildman–Crippen MR) is 194 cm³/mol. The lowest BCUT2D eigenvalue weighted by Gasteiger charge is -2.32. The number of anilines is 2. The van der Waals surface area contributed by atoms with Crippen LogP contribution in [0.4, 0.5) is 29.3 Å². The van der Waals surface area contributed by atoms with E-state index in [-0.39, 0.29) is 31.1 Å². The van der Waals surface area contributed by atoms with Crippen LogP contribution in [-0.4, -0.2) is 68.4 Å². The summed E-state index contributed by atoms with van der Waals surface area (Å²) in [5.41, 5.74) is 1.30. The molecule has 0 radical (unpaired) electrons. The van der Waals surface area contributed by atoms with Crippen molar-refractivity contribution in [1.82, 2.24) is 10.2 Å². The maximum atomic E-state index is 13.7. The van der Waals surface area contributed by atoms with Gasteiger partial charge < -0.3 is 34.6 Å². The van der Waals surface area contributed by atoms with Crippen LogP contribution in [0.25, 0.3) is 0 Å². The minimum Gasteiger partial charge on any atom is -0.493 e. The van der Waals surface area contributed by atoms with Gasteiger partial charge in [-0.3, -0.25) is 4.79 Å². The third-order valence-electron chi connectivity index (χ3n) is 8.97. The molecule has 0 aliphatic carbocycles. The number of likely N-dealkylation sites (tertiary alicyclic amines) is 1. The average molecular weight is 713 g/mol. The number of halogens is 3. The van der Waals surface area contributed by atoms with Crippen molar-refractivity contribution < 1.29 is 37.0 Å². The molecule has 0 aromatic heterocycles. The van der Waals surface area contributed by atoms with Gasteiger partial charge in [0.2, 0.25) is 0 Å². The molecule has 0 unspecified atom stereocenters. The number of alkyl halides is 3. The van der Waals surface area contributed by atoms with Crippen LogP contribution in [0.1, 0.15) is 82.5 Å². The first-order valence-electron chi connectivity index (χ1n) is 17.9. The Morgan fingerprint density at radius 1 is 0.902 bits per heavy atom. The van der Waals surface area contributed by atoms with Gasteiger partial charge in [0.15, 0.2) is 11.5 Å². The van der Waals surface area contributed by atoms with Gasteiger partial charge in [0, 0.05) is 55.1 Å². The van der Waals surface area contributed by atoms with E-state index in [0.29, 0.717) is 39.9 Å². The van der Waals surface area contributed by atoms with Crippen LogP contribution in [-0.2, 0) is 0 Å². The molecule has 2 N–H and O–H groups in total. The molecule has 4 rings (SSSR count). The van der Waals surface area contributed by atoms with E-state index in [0.717, 1.165) is 45.3 Å². The fourth-order valence-corrected chi connectivity index (χ4v) is 5.94. The summed E-state index contributed by atoms with van der Waals surface area (Å²) in [5.74, 6) is 1.43. The summed E-state index contributed by atoms with van der Waals surface area (Å²) in [5, 5.41) is 5.72. The molecule has 0 saturated carbocycles. The molecule has 3 amide bonds. The smallest absolute Gasteiger partial charge is 0.389 e. The van der Waals surface area contributed by atoms with Gasteiger partial charge in [-0.05, 0) is 106 Å². The van der Waals surface area contributed by atoms with E-state index in [1.165, 1.54) is 24.9 Å². The molecule has 1 heterocycles. The summed E-state index contributed by atoms with van der Waals surface area (Å²) in [6, 6.07) is 18.1.